The third kappa shape index (κ3) is 6.11. The predicted octanol–water partition coefficient (Wildman–Crippen LogP) is 4.52. The van der Waals surface area contributed by atoms with Crippen LogP contribution in [0.5, 0.6) is 0 Å². The zero-order valence-corrected chi connectivity index (χ0v) is 15.6. The average molecular weight is 346 g/mol. The van der Waals surface area contributed by atoms with Gasteiger partial charge in [-0.15, -0.1) is 0 Å². The van der Waals surface area contributed by atoms with E-state index < -0.39 is 5.62 Å². The van der Waals surface area contributed by atoms with Crippen LogP contribution in [0.25, 0.3) is 0 Å². The van der Waals surface area contributed by atoms with E-state index in [0.29, 0.717) is 10.3 Å². The van der Waals surface area contributed by atoms with Gasteiger partial charge >= 0.3 is 102 Å². The minimum atomic E-state index is -0.781. The Balaban J connectivity index is 4.78. The van der Waals surface area contributed by atoms with Crippen molar-refractivity contribution in [2.75, 3.05) is 0 Å². The first-order valence-electron chi connectivity index (χ1n) is 5.33. The molecule has 0 fully saturated rings. The molecule has 0 aromatic heterocycles. The van der Waals surface area contributed by atoms with Crippen molar-refractivity contribution in [3.8, 4) is 0 Å². The van der Waals surface area contributed by atoms with Crippen LogP contribution < -0.4 is 0 Å². The molecule has 0 saturated heterocycles. The normalized spacial score (nSPS) is 15.0. The fourth-order valence-electron chi connectivity index (χ4n) is 1.55. The van der Waals surface area contributed by atoms with E-state index in [4.69, 9.17) is 0 Å². The summed E-state index contributed by atoms with van der Waals surface area (Å²) in [4.78, 5) is 0. The van der Waals surface area contributed by atoms with E-state index in [1.54, 1.807) is 0 Å². The Bertz CT molecular complexity index is 169. The molecular weight excluding hydrogens is 319 g/mol. The zero-order chi connectivity index (χ0) is 11.8. The Hall–Kier alpha value is 1.44. The predicted molar refractivity (Wildman–Crippen MR) is 75.5 cm³/mol. The second kappa shape index (κ2) is 4.75. The van der Waals surface area contributed by atoms with Crippen LogP contribution in [-0.4, -0.2) is 35.5 Å². The maximum absolute atomic E-state index is 2.56. The average Bonchev–Trinajstić information content (AvgIpc) is 1.75. The summed E-state index contributed by atoms with van der Waals surface area (Å²) in [6, 6.07) is 0. The van der Waals surface area contributed by atoms with Crippen LogP contribution in [0.4, 0.5) is 0 Å². The fraction of sp³-hybridized carbons (Fsp3) is 1.00. The van der Waals surface area contributed by atoms with E-state index in [0.717, 1.165) is 0 Å². The molecule has 0 aromatic carbocycles. The molecule has 0 saturated carbocycles. The topological polar surface area (TPSA) is 0 Å². The monoisotopic (exact) mass is 348 g/mol. The van der Waals surface area contributed by atoms with Crippen LogP contribution >= 0.6 is 5.61 Å². The summed E-state index contributed by atoms with van der Waals surface area (Å²) < 4.78 is 0. The van der Waals surface area contributed by atoms with Crippen molar-refractivity contribution in [2.45, 2.75) is 71.5 Å². The van der Waals surface area contributed by atoms with Gasteiger partial charge in [0.1, 0.15) is 0 Å². The Kier molecular flexibility index (Phi) is 5.23. The summed E-state index contributed by atoms with van der Waals surface area (Å²) in [7, 11) is 0. The zero-order valence-electron chi connectivity index (χ0n) is 11.4. The van der Waals surface area contributed by atoms with E-state index in [-0.39, 0.29) is 25.2 Å². The standard InChI is InChI=1S/C11H27PSiTe/c1-10(2,3)12(11(4,5)6)14-13(7,8)9/h1-9H3. The van der Waals surface area contributed by atoms with Gasteiger partial charge in [-0.3, -0.25) is 0 Å². The number of rotatable bonds is 2. The van der Waals surface area contributed by atoms with Gasteiger partial charge in [-0.2, -0.15) is 0 Å². The molecule has 0 aliphatic heterocycles. The van der Waals surface area contributed by atoms with Crippen molar-refractivity contribution in [1.82, 2.24) is 0 Å². The quantitative estimate of drug-likeness (QED) is 0.510. The number of hydrogen-bond acceptors (Lipinski definition) is 0. The van der Waals surface area contributed by atoms with Crippen molar-refractivity contribution >= 4 is 30.8 Å². The van der Waals surface area contributed by atoms with Crippen molar-refractivity contribution in [2.24, 2.45) is 0 Å². The fourth-order valence-corrected chi connectivity index (χ4v) is 36.1. The summed E-state index contributed by atoms with van der Waals surface area (Å²) in [5, 5.41) is 1.13. The molecule has 0 aliphatic rings. The van der Waals surface area contributed by atoms with Gasteiger partial charge in [-0.1, -0.05) is 0 Å². The summed E-state index contributed by atoms with van der Waals surface area (Å²) in [6.45, 7) is 22.4. The summed E-state index contributed by atoms with van der Waals surface area (Å²) in [5.41, 5.74) is -0.520. The molecule has 3 heteroatoms. The van der Waals surface area contributed by atoms with E-state index in [9.17, 15) is 0 Å². The molecule has 86 valence electrons. The van der Waals surface area contributed by atoms with Gasteiger partial charge < -0.3 is 0 Å². The second-order valence-corrected chi connectivity index (χ2v) is 33.4. The minimum absolute atomic E-state index is 0.245. The Morgan fingerprint density at radius 3 is 1.14 bits per heavy atom. The Labute approximate surface area is 102 Å². The molecule has 0 nitrogen and oxygen atoms in total. The molecule has 0 heterocycles. The maximum atomic E-state index is 2.56. The third-order valence-electron chi connectivity index (χ3n) is 1.58. The van der Waals surface area contributed by atoms with Crippen LogP contribution in [0.1, 0.15) is 41.5 Å². The van der Waals surface area contributed by atoms with Gasteiger partial charge in [-0.25, -0.2) is 0 Å². The molecule has 0 aliphatic carbocycles. The van der Waals surface area contributed by atoms with Crippen molar-refractivity contribution < 1.29 is 0 Å². The van der Waals surface area contributed by atoms with Crippen molar-refractivity contribution in [1.29, 1.82) is 0 Å². The van der Waals surface area contributed by atoms with Gasteiger partial charge in [0.25, 0.3) is 0 Å². The van der Waals surface area contributed by atoms with Gasteiger partial charge in [0.05, 0.1) is 0 Å². The van der Waals surface area contributed by atoms with E-state index in [1.165, 1.54) is 0 Å². The molecule has 0 amide bonds. The molecular formula is C11H27PSiTe. The molecule has 0 unspecified atom stereocenters. The van der Waals surface area contributed by atoms with Gasteiger partial charge in [0.15, 0.2) is 0 Å². The second-order valence-electron chi connectivity index (χ2n) is 6.84. The van der Waals surface area contributed by atoms with Crippen LogP contribution in [-0.2, 0) is 0 Å². The summed E-state index contributed by atoms with van der Waals surface area (Å²) in [5.74, 6) is 0. The molecule has 0 rings (SSSR count). The van der Waals surface area contributed by atoms with Gasteiger partial charge in [0.2, 0.25) is 0 Å². The number of hydrogen-bond donors (Lipinski definition) is 0. The summed E-state index contributed by atoms with van der Waals surface area (Å²) >= 11 is 0.245. The van der Waals surface area contributed by atoms with E-state index in [2.05, 4.69) is 61.2 Å². The molecule has 14 heavy (non-hydrogen) atoms. The third-order valence-corrected chi connectivity index (χ3v) is 35.1. The SMILES string of the molecule is CC(C)(C)P([Te][Si](C)(C)C)C(C)(C)C. The van der Waals surface area contributed by atoms with Crippen molar-refractivity contribution in [3.05, 3.63) is 0 Å². The molecule has 0 N–H and O–H groups in total. The van der Waals surface area contributed by atoms with Crippen LogP contribution in [0, 0.1) is 0 Å². The first kappa shape index (κ1) is 15.4. The molecule has 0 aromatic rings. The Morgan fingerprint density at radius 1 is 0.786 bits per heavy atom. The van der Waals surface area contributed by atoms with Crippen LogP contribution in [0.15, 0.2) is 0 Å². The first-order valence-corrected chi connectivity index (χ1v) is 16.6. The van der Waals surface area contributed by atoms with Gasteiger partial charge in [0, 0.05) is 0 Å². The first-order chi connectivity index (χ1) is 5.84. The van der Waals surface area contributed by atoms with E-state index in [1.807, 2.05) is 0 Å². The summed E-state index contributed by atoms with van der Waals surface area (Å²) in [6.07, 6.45) is 0. The van der Waals surface area contributed by atoms with Gasteiger partial charge in [-0.05, 0) is 0 Å². The molecule has 0 atom stereocenters. The molecule has 0 radical (unpaired) electrons. The molecule has 0 bridgehead atoms. The van der Waals surface area contributed by atoms with Crippen LogP contribution in [0.2, 0.25) is 19.6 Å². The van der Waals surface area contributed by atoms with Crippen molar-refractivity contribution in [3.63, 3.8) is 0 Å². The molecule has 0 spiro atoms. The van der Waals surface area contributed by atoms with E-state index >= 15 is 0 Å². The Morgan fingerprint density at radius 2 is 1.07 bits per heavy atom. The van der Waals surface area contributed by atoms with Crippen LogP contribution in [0.3, 0.4) is 0 Å².